The van der Waals surface area contributed by atoms with E-state index in [-0.39, 0.29) is 16.7 Å². The number of nitrogens with one attached hydrogen (secondary N) is 1. The minimum atomic E-state index is -1.77. The van der Waals surface area contributed by atoms with Crippen molar-refractivity contribution in [1.82, 2.24) is 9.55 Å². The van der Waals surface area contributed by atoms with Crippen molar-refractivity contribution in [3.63, 3.8) is 0 Å². The first-order chi connectivity index (χ1) is 20.3. The highest BCUT2D eigenvalue weighted by Gasteiger charge is 2.52. The number of carbonyl (C=O) groups is 3. The number of H-pyrrole nitrogens is 1. The highest BCUT2D eigenvalue weighted by atomic mass is 19.1. The molecule has 1 aliphatic rings. The van der Waals surface area contributed by atoms with E-state index in [9.17, 15) is 28.4 Å². The van der Waals surface area contributed by atoms with Crippen molar-refractivity contribution in [2.45, 2.75) is 24.5 Å². The maximum absolute atomic E-state index is 14.3. The van der Waals surface area contributed by atoms with Crippen LogP contribution in [-0.2, 0) is 18.9 Å². The van der Waals surface area contributed by atoms with Crippen LogP contribution < -0.4 is 11.2 Å². The number of aromatic amines is 1. The van der Waals surface area contributed by atoms with Gasteiger partial charge in [0.25, 0.3) is 5.56 Å². The number of ether oxygens (including phenoxy) is 4. The zero-order valence-corrected chi connectivity index (χ0v) is 21.8. The minimum absolute atomic E-state index is 0.101. The van der Waals surface area contributed by atoms with Gasteiger partial charge in [0, 0.05) is 6.20 Å². The molecule has 0 spiro atoms. The van der Waals surface area contributed by atoms with Gasteiger partial charge in [-0.05, 0) is 36.4 Å². The van der Waals surface area contributed by atoms with Gasteiger partial charge in [0.2, 0.25) is 5.82 Å². The fourth-order valence-electron chi connectivity index (χ4n) is 4.36. The molecule has 4 aromatic rings. The largest absolute Gasteiger partial charge is 0.459 e. The van der Waals surface area contributed by atoms with E-state index in [1.54, 1.807) is 54.6 Å². The number of aromatic nitrogens is 2. The lowest BCUT2D eigenvalue weighted by Gasteiger charge is -2.24. The predicted molar refractivity (Wildman–Crippen MR) is 143 cm³/mol. The topological polar surface area (TPSA) is 143 Å². The van der Waals surface area contributed by atoms with E-state index in [4.69, 9.17) is 18.9 Å². The molecule has 0 amide bonds. The zero-order chi connectivity index (χ0) is 29.6. The van der Waals surface area contributed by atoms with E-state index in [1.807, 2.05) is 0 Å². The van der Waals surface area contributed by atoms with Gasteiger partial charge >= 0.3 is 23.6 Å². The molecule has 1 saturated heterocycles. The number of benzene rings is 3. The molecule has 0 radical (unpaired) electrons. The number of halogens is 1. The maximum Gasteiger partial charge on any atom is 0.338 e. The molecule has 214 valence electrons. The Morgan fingerprint density at radius 3 is 1.74 bits per heavy atom. The summed E-state index contributed by atoms with van der Waals surface area (Å²) in [6.45, 7) is -0.543. The van der Waals surface area contributed by atoms with Crippen LogP contribution in [0.4, 0.5) is 4.39 Å². The normalized spacial score (nSPS) is 19.5. The fraction of sp³-hybridized carbons (Fsp3) is 0.167. The molecule has 1 aromatic heterocycles. The second-order valence-corrected chi connectivity index (χ2v) is 9.12. The summed E-state index contributed by atoms with van der Waals surface area (Å²) in [5, 5.41) is 0. The Morgan fingerprint density at radius 2 is 1.21 bits per heavy atom. The van der Waals surface area contributed by atoms with Gasteiger partial charge in [-0.3, -0.25) is 4.79 Å². The first kappa shape index (κ1) is 28.2. The molecule has 42 heavy (non-hydrogen) atoms. The monoisotopic (exact) mass is 574 g/mol. The zero-order valence-electron chi connectivity index (χ0n) is 21.8. The van der Waals surface area contributed by atoms with Gasteiger partial charge in [-0.1, -0.05) is 54.6 Å². The molecular weight excluding hydrogens is 551 g/mol. The van der Waals surface area contributed by atoms with Gasteiger partial charge in [0.1, 0.15) is 12.7 Å². The molecule has 0 aliphatic carbocycles. The summed E-state index contributed by atoms with van der Waals surface area (Å²) in [5.41, 5.74) is -2.00. The Balaban J connectivity index is 1.53. The molecule has 11 nitrogen and oxygen atoms in total. The van der Waals surface area contributed by atoms with Gasteiger partial charge in [0.15, 0.2) is 18.4 Å². The number of esters is 3. The number of hydrogen-bond acceptors (Lipinski definition) is 9. The summed E-state index contributed by atoms with van der Waals surface area (Å²) in [4.78, 5) is 66.4. The van der Waals surface area contributed by atoms with Crippen LogP contribution in [0.25, 0.3) is 0 Å². The van der Waals surface area contributed by atoms with Crippen LogP contribution >= 0.6 is 0 Å². The third-order valence-corrected chi connectivity index (χ3v) is 6.40. The second-order valence-electron chi connectivity index (χ2n) is 9.12. The first-order valence-electron chi connectivity index (χ1n) is 12.7. The third kappa shape index (κ3) is 6.03. The van der Waals surface area contributed by atoms with E-state index in [2.05, 4.69) is 4.98 Å². The molecule has 3 aromatic carbocycles. The van der Waals surface area contributed by atoms with Crippen molar-refractivity contribution >= 4 is 17.9 Å². The van der Waals surface area contributed by atoms with Gasteiger partial charge < -0.3 is 23.9 Å². The summed E-state index contributed by atoms with van der Waals surface area (Å²) < 4.78 is 37.3. The lowest BCUT2D eigenvalue weighted by Crippen LogP contribution is -2.46. The fourth-order valence-corrected chi connectivity index (χ4v) is 4.36. The lowest BCUT2D eigenvalue weighted by atomic mass is 10.1. The Hall–Kier alpha value is -5.36. The van der Waals surface area contributed by atoms with Crippen molar-refractivity contribution in [3.8, 4) is 0 Å². The Kier molecular flexibility index (Phi) is 8.34. The van der Waals surface area contributed by atoms with Crippen molar-refractivity contribution in [3.05, 3.63) is 141 Å². The molecular formula is C30H23FN2O9. The Labute approximate surface area is 237 Å². The summed E-state index contributed by atoms with van der Waals surface area (Å²) >= 11 is 0. The van der Waals surface area contributed by atoms with Gasteiger partial charge in [-0.25, -0.2) is 23.7 Å². The van der Waals surface area contributed by atoms with Crippen LogP contribution in [0.5, 0.6) is 0 Å². The van der Waals surface area contributed by atoms with Crippen LogP contribution in [0.1, 0.15) is 37.3 Å². The first-order valence-corrected chi connectivity index (χ1v) is 12.7. The maximum atomic E-state index is 14.3. The standard InChI is InChI=1S/C30H23FN2O9/c31-21-16-32-30(38)33(25(21)34)26-24(42-29(37)20-14-8-3-9-15-20)23(41-28(36)19-12-6-2-7-13-19)22(40-26)17-39-27(35)18-10-4-1-5-11-18/h1-16,22-24,26H,17H2,(H,32,38)/t22-,23-,24-,26-/m1/s1. The minimum Gasteiger partial charge on any atom is -0.459 e. The average Bonchev–Trinajstić information content (AvgIpc) is 3.34. The highest BCUT2D eigenvalue weighted by molar-refractivity contribution is 5.91. The number of hydrogen-bond donors (Lipinski definition) is 1. The van der Waals surface area contributed by atoms with E-state index in [0.717, 1.165) is 0 Å². The van der Waals surface area contributed by atoms with Crippen molar-refractivity contribution in [2.24, 2.45) is 0 Å². The molecule has 4 atom stereocenters. The molecule has 0 unspecified atom stereocenters. The molecule has 5 rings (SSSR count). The third-order valence-electron chi connectivity index (χ3n) is 6.40. The SMILES string of the molecule is O=C(OC[C@H]1O[C@@H](n2c(=O)[nH]cc(F)c2=O)[C@H](OC(=O)c2ccccc2)[C@@H]1OC(=O)c1ccccc1)c1ccccc1. The molecule has 1 fully saturated rings. The van der Waals surface area contributed by atoms with Crippen LogP contribution in [0.2, 0.25) is 0 Å². The quantitative estimate of drug-likeness (QED) is 0.248. The summed E-state index contributed by atoms with van der Waals surface area (Å²) in [7, 11) is 0. The molecule has 0 saturated carbocycles. The van der Waals surface area contributed by atoms with E-state index in [0.29, 0.717) is 10.8 Å². The van der Waals surface area contributed by atoms with Crippen LogP contribution in [-0.4, -0.2) is 52.4 Å². The van der Waals surface area contributed by atoms with Crippen LogP contribution in [0.15, 0.2) is 107 Å². The summed E-state index contributed by atoms with van der Waals surface area (Å²) in [6.07, 6.45) is -5.69. The van der Waals surface area contributed by atoms with Crippen molar-refractivity contribution < 1.29 is 37.7 Å². The smallest absolute Gasteiger partial charge is 0.338 e. The predicted octanol–water partition coefficient (Wildman–Crippen LogP) is 2.88. The van der Waals surface area contributed by atoms with Gasteiger partial charge in [0.05, 0.1) is 16.7 Å². The molecule has 1 N–H and O–H groups in total. The Bertz CT molecular complexity index is 1690. The van der Waals surface area contributed by atoms with E-state index < -0.39 is 66.1 Å². The molecule has 12 heteroatoms. The molecule has 0 bridgehead atoms. The van der Waals surface area contributed by atoms with E-state index in [1.165, 1.54) is 36.4 Å². The number of nitrogens with zero attached hydrogens (tertiary/aromatic N) is 1. The van der Waals surface area contributed by atoms with Gasteiger partial charge in [-0.15, -0.1) is 0 Å². The van der Waals surface area contributed by atoms with Crippen LogP contribution in [0.3, 0.4) is 0 Å². The lowest BCUT2D eigenvalue weighted by molar-refractivity contribution is -0.0657. The summed E-state index contributed by atoms with van der Waals surface area (Å²) in [5.74, 6) is -3.82. The second kappa shape index (κ2) is 12.4. The summed E-state index contributed by atoms with van der Waals surface area (Å²) in [6, 6.07) is 23.6. The van der Waals surface area contributed by atoms with E-state index >= 15 is 0 Å². The number of carbonyl (C=O) groups excluding carboxylic acids is 3. The average molecular weight is 575 g/mol. The van der Waals surface area contributed by atoms with Crippen LogP contribution in [0, 0.1) is 5.82 Å². The van der Waals surface area contributed by atoms with Crippen molar-refractivity contribution in [2.75, 3.05) is 6.61 Å². The highest BCUT2D eigenvalue weighted by Crippen LogP contribution is 2.34. The number of rotatable bonds is 8. The molecule has 1 aliphatic heterocycles. The molecule has 2 heterocycles. The van der Waals surface area contributed by atoms with Gasteiger partial charge in [-0.2, -0.15) is 4.39 Å². The Morgan fingerprint density at radius 1 is 0.738 bits per heavy atom. The van der Waals surface area contributed by atoms with Crippen molar-refractivity contribution in [1.29, 1.82) is 0 Å².